The summed E-state index contributed by atoms with van der Waals surface area (Å²) in [5.74, 6) is -0.0390. The van der Waals surface area contributed by atoms with E-state index in [0.717, 1.165) is 18.4 Å². The molecule has 0 fully saturated rings. The van der Waals surface area contributed by atoms with E-state index in [9.17, 15) is 15.0 Å². The Morgan fingerprint density at radius 2 is 1.67 bits per heavy atom. The molecule has 0 aliphatic carbocycles. The van der Waals surface area contributed by atoms with Crippen molar-refractivity contribution in [3.63, 3.8) is 0 Å². The van der Waals surface area contributed by atoms with Gasteiger partial charge in [-0.15, -0.1) is 0 Å². The average Bonchev–Trinajstić information content (AvgIpc) is 2.61. The van der Waals surface area contributed by atoms with Crippen LogP contribution in [0, 0.1) is 0 Å². The molecule has 0 unspecified atom stereocenters. The predicted octanol–water partition coefficient (Wildman–Crippen LogP) is 3.73. The Bertz CT molecular complexity index is 436. The zero-order valence-corrected chi connectivity index (χ0v) is 14.9. The van der Waals surface area contributed by atoms with Crippen LogP contribution in [0.5, 0.6) is 0 Å². The lowest BCUT2D eigenvalue weighted by atomic mass is 10.0. The van der Waals surface area contributed by atoms with Gasteiger partial charge in [-0.2, -0.15) is 0 Å². The highest BCUT2D eigenvalue weighted by molar-refractivity contribution is 5.76. The minimum atomic E-state index is -0.679. The van der Waals surface area contributed by atoms with E-state index in [1.54, 1.807) is 0 Å². The number of benzene rings is 1. The van der Waals surface area contributed by atoms with Gasteiger partial charge in [0.2, 0.25) is 5.91 Å². The quantitative estimate of drug-likeness (QED) is 0.481. The summed E-state index contributed by atoms with van der Waals surface area (Å²) in [7, 11) is 0. The Balaban J connectivity index is 2.20. The fourth-order valence-electron chi connectivity index (χ4n) is 2.80. The molecule has 24 heavy (non-hydrogen) atoms. The van der Waals surface area contributed by atoms with E-state index in [1.807, 2.05) is 30.3 Å². The summed E-state index contributed by atoms with van der Waals surface area (Å²) in [5, 5.41) is 22.5. The summed E-state index contributed by atoms with van der Waals surface area (Å²) < 4.78 is 0. The molecule has 0 heterocycles. The maximum absolute atomic E-state index is 12.0. The number of aliphatic hydroxyl groups excluding tert-OH is 2. The van der Waals surface area contributed by atoms with E-state index in [0.29, 0.717) is 12.8 Å². The molecule has 0 radical (unpaired) electrons. The number of rotatable bonds is 13. The molecule has 4 heteroatoms. The minimum Gasteiger partial charge on any atom is -0.394 e. The number of nitrogens with one attached hydrogen (secondary N) is 1. The molecule has 1 amide bonds. The van der Waals surface area contributed by atoms with Crippen LogP contribution >= 0.6 is 0 Å². The lowest BCUT2D eigenvalue weighted by Gasteiger charge is -2.20. The van der Waals surface area contributed by atoms with Crippen LogP contribution in [0.25, 0.3) is 0 Å². The molecule has 0 aliphatic heterocycles. The highest BCUT2D eigenvalue weighted by atomic mass is 16.3. The smallest absolute Gasteiger partial charge is 0.220 e. The number of carbonyl (C=O) groups excluding carboxylic acids is 1. The third-order valence-electron chi connectivity index (χ3n) is 4.29. The molecule has 0 aromatic heterocycles. The Morgan fingerprint density at radius 3 is 2.29 bits per heavy atom. The Labute approximate surface area is 146 Å². The van der Waals surface area contributed by atoms with E-state index in [4.69, 9.17) is 0 Å². The second-order valence-corrected chi connectivity index (χ2v) is 6.48. The fourth-order valence-corrected chi connectivity index (χ4v) is 2.80. The van der Waals surface area contributed by atoms with E-state index < -0.39 is 12.1 Å². The highest BCUT2D eigenvalue weighted by Crippen LogP contribution is 2.18. The van der Waals surface area contributed by atoms with Crippen LogP contribution in [0.2, 0.25) is 0 Å². The van der Waals surface area contributed by atoms with Gasteiger partial charge in [-0.1, -0.05) is 75.8 Å². The van der Waals surface area contributed by atoms with Crippen molar-refractivity contribution in [3.05, 3.63) is 35.9 Å². The van der Waals surface area contributed by atoms with Crippen molar-refractivity contribution >= 4 is 5.91 Å². The van der Waals surface area contributed by atoms with Crippen LogP contribution in [0.1, 0.15) is 76.4 Å². The lowest BCUT2D eigenvalue weighted by Crippen LogP contribution is -2.38. The fraction of sp³-hybridized carbons (Fsp3) is 0.650. The first-order valence-corrected chi connectivity index (χ1v) is 9.30. The largest absolute Gasteiger partial charge is 0.394 e. The van der Waals surface area contributed by atoms with Gasteiger partial charge < -0.3 is 15.5 Å². The van der Waals surface area contributed by atoms with Gasteiger partial charge in [0.1, 0.15) is 0 Å². The van der Waals surface area contributed by atoms with Crippen molar-refractivity contribution in [1.82, 2.24) is 5.32 Å². The summed E-state index contributed by atoms with van der Waals surface area (Å²) >= 11 is 0. The maximum atomic E-state index is 12.0. The molecule has 0 bridgehead atoms. The molecule has 1 aromatic carbocycles. The topological polar surface area (TPSA) is 69.6 Å². The molecule has 136 valence electrons. The normalized spacial score (nSPS) is 13.5. The van der Waals surface area contributed by atoms with Gasteiger partial charge >= 0.3 is 0 Å². The molecule has 0 saturated heterocycles. The predicted molar refractivity (Wildman–Crippen MR) is 97.6 cm³/mol. The van der Waals surface area contributed by atoms with E-state index >= 15 is 0 Å². The summed E-state index contributed by atoms with van der Waals surface area (Å²) in [5.41, 5.74) is 0.803. The van der Waals surface area contributed by atoms with E-state index in [1.165, 1.54) is 32.1 Å². The molecule has 3 N–H and O–H groups in total. The SMILES string of the molecule is CCCCCCCCCC(=O)N[C@@H](CO)C[C@@H](O)c1ccccc1. The average molecular weight is 335 g/mol. The second-order valence-electron chi connectivity index (χ2n) is 6.48. The molecular weight excluding hydrogens is 302 g/mol. The van der Waals surface area contributed by atoms with Crippen LogP contribution < -0.4 is 5.32 Å². The Morgan fingerprint density at radius 1 is 1.04 bits per heavy atom. The number of carbonyl (C=O) groups is 1. The Hall–Kier alpha value is -1.39. The third kappa shape index (κ3) is 9.04. The molecule has 0 saturated carbocycles. The maximum Gasteiger partial charge on any atom is 0.220 e. The monoisotopic (exact) mass is 335 g/mol. The standard InChI is InChI=1S/C20H33NO3/c1-2-3-4-5-6-7-11-14-20(24)21-18(16-22)15-19(23)17-12-9-8-10-13-17/h8-10,12-13,18-19,22-23H,2-7,11,14-16H2,1H3,(H,21,24)/t18-,19-/m1/s1. The van der Waals surface area contributed by atoms with Crippen LogP contribution in [-0.2, 0) is 4.79 Å². The van der Waals surface area contributed by atoms with Gasteiger partial charge in [0, 0.05) is 6.42 Å². The first kappa shape index (κ1) is 20.7. The van der Waals surface area contributed by atoms with Crippen molar-refractivity contribution in [3.8, 4) is 0 Å². The third-order valence-corrected chi connectivity index (χ3v) is 4.29. The molecular formula is C20H33NO3. The minimum absolute atomic E-state index is 0.0390. The number of unbranched alkanes of at least 4 members (excludes halogenated alkanes) is 6. The second kappa shape index (κ2) is 13.0. The molecule has 1 aromatic rings. The van der Waals surface area contributed by atoms with Crippen LogP contribution in [0.4, 0.5) is 0 Å². The highest BCUT2D eigenvalue weighted by Gasteiger charge is 2.17. The van der Waals surface area contributed by atoms with Crippen molar-refractivity contribution in [2.45, 2.75) is 76.9 Å². The van der Waals surface area contributed by atoms with Gasteiger partial charge in [0.25, 0.3) is 0 Å². The van der Waals surface area contributed by atoms with Crippen LogP contribution in [0.15, 0.2) is 30.3 Å². The zero-order valence-electron chi connectivity index (χ0n) is 14.9. The van der Waals surface area contributed by atoms with Crippen molar-refractivity contribution < 1.29 is 15.0 Å². The Kier molecular flexibility index (Phi) is 11.2. The molecule has 0 spiro atoms. The number of aliphatic hydroxyl groups is 2. The first-order chi connectivity index (χ1) is 11.7. The summed E-state index contributed by atoms with van der Waals surface area (Å²) in [6.07, 6.45) is 8.36. The van der Waals surface area contributed by atoms with Crippen LogP contribution in [-0.4, -0.2) is 28.8 Å². The van der Waals surface area contributed by atoms with Gasteiger partial charge in [-0.05, 0) is 18.4 Å². The van der Waals surface area contributed by atoms with Gasteiger partial charge in [0.15, 0.2) is 0 Å². The van der Waals surface area contributed by atoms with E-state index in [2.05, 4.69) is 12.2 Å². The molecule has 1 rings (SSSR count). The molecule has 2 atom stereocenters. The van der Waals surface area contributed by atoms with Crippen molar-refractivity contribution in [2.24, 2.45) is 0 Å². The summed E-state index contributed by atoms with van der Waals surface area (Å²) in [6.45, 7) is 2.04. The van der Waals surface area contributed by atoms with Gasteiger partial charge in [-0.3, -0.25) is 4.79 Å². The number of amides is 1. The molecule has 0 aliphatic rings. The molecule has 4 nitrogen and oxygen atoms in total. The number of hydrogen-bond acceptors (Lipinski definition) is 3. The summed E-state index contributed by atoms with van der Waals surface area (Å²) in [4.78, 5) is 12.0. The van der Waals surface area contributed by atoms with Gasteiger partial charge in [0.05, 0.1) is 18.8 Å². The first-order valence-electron chi connectivity index (χ1n) is 9.30. The van der Waals surface area contributed by atoms with Crippen molar-refractivity contribution in [1.29, 1.82) is 0 Å². The van der Waals surface area contributed by atoms with Gasteiger partial charge in [-0.25, -0.2) is 0 Å². The van der Waals surface area contributed by atoms with Crippen molar-refractivity contribution in [2.75, 3.05) is 6.61 Å². The number of hydrogen-bond donors (Lipinski definition) is 3. The lowest BCUT2D eigenvalue weighted by molar-refractivity contribution is -0.122. The zero-order chi connectivity index (χ0) is 17.6. The van der Waals surface area contributed by atoms with Crippen LogP contribution in [0.3, 0.4) is 0 Å². The van der Waals surface area contributed by atoms with E-state index in [-0.39, 0.29) is 12.5 Å². The summed E-state index contributed by atoms with van der Waals surface area (Å²) in [6, 6.07) is 8.91.